The molecule has 124 valence electrons. The highest BCUT2D eigenvalue weighted by atomic mass is 19.4. The van der Waals surface area contributed by atoms with Crippen LogP contribution in [0.15, 0.2) is 30.6 Å². The number of hydrogen-bond donors (Lipinski definition) is 0. The number of nitrogens with zero attached hydrogens (tertiary/aromatic N) is 2. The number of carbonyl (C=O) groups excluding carboxylic acids is 1. The van der Waals surface area contributed by atoms with E-state index in [1.54, 1.807) is 23.1 Å². The van der Waals surface area contributed by atoms with Gasteiger partial charge in [-0.05, 0) is 24.1 Å². The summed E-state index contributed by atoms with van der Waals surface area (Å²) in [6.07, 6.45) is 2.01. The van der Waals surface area contributed by atoms with Crippen LogP contribution in [-0.4, -0.2) is 22.4 Å². The number of alkyl halides is 3. The Labute approximate surface area is 131 Å². The fourth-order valence-electron chi connectivity index (χ4n) is 2.18. The monoisotopic (exact) mass is 326 g/mol. The summed E-state index contributed by atoms with van der Waals surface area (Å²) in [5.41, 5.74) is 1.03. The van der Waals surface area contributed by atoms with Crippen LogP contribution >= 0.6 is 0 Å². The Morgan fingerprint density at radius 3 is 2.70 bits per heavy atom. The molecule has 2 aromatic rings. The smallest absolute Gasteiger partial charge is 0.405 e. The Morgan fingerprint density at radius 2 is 2.04 bits per heavy atom. The van der Waals surface area contributed by atoms with Crippen LogP contribution < -0.4 is 4.74 Å². The molecule has 0 aliphatic rings. The van der Waals surface area contributed by atoms with Crippen molar-refractivity contribution < 1.29 is 22.7 Å². The fraction of sp³-hybridized carbons (Fsp3) is 0.375. The standard InChI is InChI=1S/C16H17F3N2O2/c1-2-3-4-7-21-10-14(9-20-21)12-5-6-13(11-22)15(8-12)23-16(17,18)19/h5-6,8-11H,2-4,7H2,1H3. The maximum absolute atomic E-state index is 12.4. The number of carbonyl (C=O) groups is 1. The van der Waals surface area contributed by atoms with Gasteiger partial charge in [-0.25, -0.2) is 0 Å². The number of aromatic nitrogens is 2. The van der Waals surface area contributed by atoms with Gasteiger partial charge in [0.1, 0.15) is 5.75 Å². The van der Waals surface area contributed by atoms with E-state index < -0.39 is 12.1 Å². The second-order valence-electron chi connectivity index (χ2n) is 5.12. The van der Waals surface area contributed by atoms with Gasteiger partial charge >= 0.3 is 6.36 Å². The quantitative estimate of drug-likeness (QED) is 0.558. The van der Waals surface area contributed by atoms with E-state index in [0.717, 1.165) is 25.8 Å². The third kappa shape index (κ3) is 4.84. The van der Waals surface area contributed by atoms with Crippen molar-refractivity contribution in [1.29, 1.82) is 0 Å². The summed E-state index contributed by atoms with van der Waals surface area (Å²) in [6, 6.07) is 4.07. The van der Waals surface area contributed by atoms with Gasteiger partial charge in [0, 0.05) is 18.3 Å². The summed E-state index contributed by atoms with van der Waals surface area (Å²) >= 11 is 0. The lowest BCUT2D eigenvalue weighted by Gasteiger charge is -2.11. The highest BCUT2D eigenvalue weighted by Crippen LogP contribution is 2.30. The van der Waals surface area contributed by atoms with Crippen LogP contribution in [0.1, 0.15) is 36.5 Å². The molecule has 0 N–H and O–H groups in total. The Bertz CT molecular complexity index is 666. The maximum atomic E-state index is 12.4. The molecule has 1 aromatic carbocycles. The number of benzene rings is 1. The Kier molecular flexibility index (Phi) is 5.41. The van der Waals surface area contributed by atoms with E-state index in [9.17, 15) is 18.0 Å². The van der Waals surface area contributed by atoms with Crippen molar-refractivity contribution in [2.24, 2.45) is 0 Å². The van der Waals surface area contributed by atoms with Gasteiger partial charge in [0.2, 0.25) is 0 Å². The predicted molar refractivity (Wildman–Crippen MR) is 79.3 cm³/mol. The minimum absolute atomic E-state index is 0.151. The van der Waals surface area contributed by atoms with Gasteiger partial charge < -0.3 is 4.74 Å². The van der Waals surface area contributed by atoms with Crippen LogP contribution in [0.4, 0.5) is 13.2 Å². The number of hydrogen-bond acceptors (Lipinski definition) is 3. The molecular weight excluding hydrogens is 309 g/mol. The highest BCUT2D eigenvalue weighted by molar-refractivity contribution is 5.81. The average Bonchev–Trinajstić information content (AvgIpc) is 2.95. The van der Waals surface area contributed by atoms with Crippen molar-refractivity contribution >= 4 is 6.29 Å². The summed E-state index contributed by atoms with van der Waals surface area (Å²) in [4.78, 5) is 10.8. The van der Waals surface area contributed by atoms with E-state index in [2.05, 4.69) is 16.8 Å². The summed E-state index contributed by atoms with van der Waals surface area (Å²) in [5, 5.41) is 4.20. The predicted octanol–water partition coefficient (Wildman–Crippen LogP) is 4.45. The molecule has 0 aliphatic heterocycles. The Balaban J connectivity index is 2.22. The second kappa shape index (κ2) is 7.30. The van der Waals surface area contributed by atoms with Crippen molar-refractivity contribution in [2.75, 3.05) is 0 Å². The number of aryl methyl sites for hydroxylation is 1. The SMILES string of the molecule is CCCCCn1cc(-c2ccc(C=O)c(OC(F)(F)F)c2)cn1. The summed E-state index contributed by atoms with van der Waals surface area (Å²) < 4.78 is 42.9. The number of ether oxygens (including phenoxy) is 1. The molecule has 0 spiro atoms. The van der Waals surface area contributed by atoms with Crippen molar-refractivity contribution in [2.45, 2.75) is 39.1 Å². The minimum Gasteiger partial charge on any atom is -0.405 e. The Morgan fingerprint density at radius 1 is 1.26 bits per heavy atom. The van der Waals surface area contributed by atoms with Crippen molar-refractivity contribution in [1.82, 2.24) is 9.78 Å². The molecule has 0 aliphatic carbocycles. The van der Waals surface area contributed by atoms with Crippen LogP contribution in [-0.2, 0) is 6.54 Å². The van der Waals surface area contributed by atoms with Gasteiger partial charge in [0.05, 0.1) is 11.8 Å². The van der Waals surface area contributed by atoms with E-state index in [0.29, 0.717) is 17.4 Å². The summed E-state index contributed by atoms with van der Waals surface area (Å²) in [5.74, 6) is -0.510. The van der Waals surface area contributed by atoms with Crippen LogP contribution in [0.5, 0.6) is 5.75 Å². The lowest BCUT2D eigenvalue weighted by molar-refractivity contribution is -0.274. The number of halogens is 3. The molecule has 0 unspecified atom stereocenters. The van der Waals surface area contributed by atoms with Gasteiger partial charge in [0.15, 0.2) is 6.29 Å². The van der Waals surface area contributed by atoms with Gasteiger partial charge in [-0.2, -0.15) is 5.10 Å². The van der Waals surface area contributed by atoms with E-state index in [-0.39, 0.29) is 5.56 Å². The van der Waals surface area contributed by atoms with Gasteiger partial charge in [-0.3, -0.25) is 9.48 Å². The van der Waals surface area contributed by atoms with Crippen LogP contribution in [0, 0.1) is 0 Å². The van der Waals surface area contributed by atoms with Crippen LogP contribution in [0.3, 0.4) is 0 Å². The van der Waals surface area contributed by atoms with Crippen LogP contribution in [0.2, 0.25) is 0 Å². The topological polar surface area (TPSA) is 44.1 Å². The zero-order valence-electron chi connectivity index (χ0n) is 12.6. The molecule has 2 rings (SSSR count). The van der Waals surface area contributed by atoms with E-state index in [1.807, 2.05) is 0 Å². The molecule has 0 bridgehead atoms. The largest absolute Gasteiger partial charge is 0.573 e. The zero-order chi connectivity index (χ0) is 16.9. The van der Waals surface area contributed by atoms with Crippen molar-refractivity contribution in [3.63, 3.8) is 0 Å². The summed E-state index contributed by atoms with van der Waals surface area (Å²) in [6.45, 7) is 2.86. The van der Waals surface area contributed by atoms with E-state index >= 15 is 0 Å². The molecule has 1 heterocycles. The summed E-state index contributed by atoms with van der Waals surface area (Å²) in [7, 11) is 0. The lowest BCUT2D eigenvalue weighted by atomic mass is 10.1. The molecule has 0 amide bonds. The first-order valence-corrected chi connectivity index (χ1v) is 7.30. The number of unbranched alkanes of at least 4 members (excludes halogenated alkanes) is 2. The molecule has 0 fully saturated rings. The molecule has 0 radical (unpaired) electrons. The molecule has 1 aromatic heterocycles. The molecular formula is C16H17F3N2O2. The van der Waals surface area contributed by atoms with E-state index in [4.69, 9.17) is 0 Å². The normalized spacial score (nSPS) is 11.5. The molecule has 0 saturated heterocycles. The number of rotatable bonds is 7. The number of aldehydes is 1. The minimum atomic E-state index is -4.85. The van der Waals surface area contributed by atoms with Gasteiger partial charge in [-0.15, -0.1) is 13.2 Å². The molecule has 0 saturated carbocycles. The fourth-order valence-corrected chi connectivity index (χ4v) is 2.18. The van der Waals surface area contributed by atoms with Gasteiger partial charge in [-0.1, -0.05) is 25.8 Å². The third-order valence-corrected chi connectivity index (χ3v) is 3.32. The molecule has 23 heavy (non-hydrogen) atoms. The first-order chi connectivity index (χ1) is 10.9. The Hall–Kier alpha value is -2.31. The molecule has 7 heteroatoms. The first-order valence-electron chi connectivity index (χ1n) is 7.30. The molecule has 4 nitrogen and oxygen atoms in total. The lowest BCUT2D eigenvalue weighted by Crippen LogP contribution is -2.18. The van der Waals surface area contributed by atoms with Crippen molar-refractivity contribution in [3.8, 4) is 16.9 Å². The second-order valence-corrected chi connectivity index (χ2v) is 5.12. The van der Waals surface area contributed by atoms with Crippen LogP contribution in [0.25, 0.3) is 11.1 Å². The van der Waals surface area contributed by atoms with E-state index in [1.165, 1.54) is 12.1 Å². The average molecular weight is 326 g/mol. The van der Waals surface area contributed by atoms with Gasteiger partial charge in [0.25, 0.3) is 0 Å². The molecule has 0 atom stereocenters. The maximum Gasteiger partial charge on any atom is 0.573 e. The zero-order valence-corrected chi connectivity index (χ0v) is 12.6. The third-order valence-electron chi connectivity index (χ3n) is 3.32. The highest BCUT2D eigenvalue weighted by Gasteiger charge is 2.32. The van der Waals surface area contributed by atoms with Crippen molar-refractivity contribution in [3.05, 3.63) is 36.2 Å². The first kappa shape index (κ1) is 17.1.